The predicted molar refractivity (Wildman–Crippen MR) is 120 cm³/mol. The van der Waals surface area contributed by atoms with Gasteiger partial charge >= 0.3 is 0 Å². The lowest BCUT2D eigenvalue weighted by molar-refractivity contribution is -0.117. The van der Waals surface area contributed by atoms with E-state index in [1.54, 1.807) is 12.1 Å². The van der Waals surface area contributed by atoms with Gasteiger partial charge in [0.2, 0.25) is 0 Å². The SMILES string of the molecule is Cc1ccc(S(=O)(=O)O[C@H]2CC[C@@]3(C)[C@@H](CC[C@H]4[C@@H]5CCC[C@@]5(C)CC[C@@H]43)C2)cc1. The van der Waals surface area contributed by atoms with E-state index in [2.05, 4.69) is 13.8 Å². The summed E-state index contributed by atoms with van der Waals surface area (Å²) in [6.45, 7) is 7.07. The number of hydrogen-bond acceptors (Lipinski definition) is 3. The van der Waals surface area contributed by atoms with Crippen molar-refractivity contribution in [2.24, 2.45) is 34.5 Å². The van der Waals surface area contributed by atoms with Gasteiger partial charge in [0, 0.05) is 0 Å². The van der Waals surface area contributed by atoms with E-state index in [4.69, 9.17) is 4.18 Å². The second kappa shape index (κ2) is 7.33. The summed E-state index contributed by atoms with van der Waals surface area (Å²) in [6, 6.07) is 7.03. The van der Waals surface area contributed by atoms with Gasteiger partial charge in [-0.1, -0.05) is 38.0 Å². The van der Waals surface area contributed by atoms with Gasteiger partial charge in [0.1, 0.15) is 0 Å². The summed E-state index contributed by atoms with van der Waals surface area (Å²) < 4.78 is 31.4. The molecule has 3 nitrogen and oxygen atoms in total. The Labute approximate surface area is 183 Å². The summed E-state index contributed by atoms with van der Waals surface area (Å²) in [5.74, 6) is 3.28. The zero-order valence-corrected chi connectivity index (χ0v) is 19.7. The first-order valence-electron chi connectivity index (χ1n) is 12.2. The Kier molecular flexibility index (Phi) is 5.13. The number of benzene rings is 1. The fourth-order valence-corrected chi connectivity index (χ4v) is 9.35. The van der Waals surface area contributed by atoms with Gasteiger partial charge in [-0.25, -0.2) is 0 Å². The lowest BCUT2D eigenvalue weighted by atomic mass is 9.45. The minimum Gasteiger partial charge on any atom is -0.263 e. The monoisotopic (exact) mass is 430 g/mol. The van der Waals surface area contributed by atoms with E-state index in [0.29, 0.717) is 16.7 Å². The summed E-state index contributed by atoms with van der Waals surface area (Å²) in [5.41, 5.74) is 2.04. The molecule has 4 fully saturated rings. The van der Waals surface area contributed by atoms with Crippen LogP contribution in [0.15, 0.2) is 29.2 Å². The smallest absolute Gasteiger partial charge is 0.263 e. The molecule has 1 aromatic carbocycles. The van der Waals surface area contributed by atoms with Crippen molar-refractivity contribution in [3.63, 3.8) is 0 Å². The Morgan fingerprint density at radius 2 is 1.67 bits per heavy atom. The van der Waals surface area contributed by atoms with Crippen molar-refractivity contribution in [1.82, 2.24) is 0 Å². The van der Waals surface area contributed by atoms with Crippen molar-refractivity contribution in [3.8, 4) is 0 Å². The Bertz CT molecular complexity index is 891. The molecular formula is C26H38O3S. The highest BCUT2D eigenvalue weighted by atomic mass is 32.2. The van der Waals surface area contributed by atoms with Gasteiger partial charge in [-0.05, 0) is 111 Å². The maximum Gasteiger partial charge on any atom is 0.297 e. The summed E-state index contributed by atoms with van der Waals surface area (Å²) in [6.07, 6.45) is 12.5. The average Bonchev–Trinajstić information content (AvgIpc) is 3.10. The molecular weight excluding hydrogens is 392 g/mol. The summed E-state index contributed by atoms with van der Waals surface area (Å²) in [7, 11) is -3.68. The van der Waals surface area contributed by atoms with Crippen molar-refractivity contribution in [2.45, 2.75) is 96.0 Å². The maximum atomic E-state index is 12.8. The van der Waals surface area contributed by atoms with Crippen LogP contribution >= 0.6 is 0 Å². The second-order valence-electron chi connectivity index (χ2n) is 11.5. The van der Waals surface area contributed by atoms with E-state index >= 15 is 0 Å². The molecule has 4 saturated carbocycles. The first kappa shape index (κ1) is 21.0. The molecule has 0 amide bonds. The third-order valence-electron chi connectivity index (χ3n) is 9.97. The van der Waals surface area contributed by atoms with Crippen molar-refractivity contribution in [2.75, 3.05) is 0 Å². The van der Waals surface area contributed by atoms with E-state index in [9.17, 15) is 8.42 Å². The second-order valence-corrected chi connectivity index (χ2v) is 13.1. The highest BCUT2D eigenvalue weighted by Gasteiger charge is 2.58. The van der Waals surface area contributed by atoms with Crippen LogP contribution in [0.5, 0.6) is 0 Å². The zero-order valence-electron chi connectivity index (χ0n) is 18.9. The molecule has 0 unspecified atom stereocenters. The van der Waals surface area contributed by atoms with Gasteiger partial charge in [-0.2, -0.15) is 8.42 Å². The molecule has 1 aromatic rings. The molecule has 0 spiro atoms. The largest absolute Gasteiger partial charge is 0.297 e. The normalized spacial score (nSPS) is 43.5. The number of hydrogen-bond donors (Lipinski definition) is 0. The molecule has 0 aliphatic heterocycles. The molecule has 7 atom stereocenters. The topological polar surface area (TPSA) is 43.4 Å². The minimum absolute atomic E-state index is 0.161. The molecule has 4 aliphatic rings. The van der Waals surface area contributed by atoms with Crippen LogP contribution in [0.25, 0.3) is 0 Å². The van der Waals surface area contributed by atoms with Crippen molar-refractivity contribution in [3.05, 3.63) is 29.8 Å². The molecule has 4 heteroatoms. The Balaban J connectivity index is 1.30. The van der Waals surface area contributed by atoms with E-state index in [-0.39, 0.29) is 11.0 Å². The summed E-state index contributed by atoms with van der Waals surface area (Å²) in [4.78, 5) is 0.290. The molecule has 166 valence electrons. The molecule has 0 bridgehead atoms. The van der Waals surface area contributed by atoms with Crippen LogP contribution in [0, 0.1) is 41.4 Å². The maximum absolute atomic E-state index is 12.8. The highest BCUT2D eigenvalue weighted by Crippen LogP contribution is 2.66. The van der Waals surface area contributed by atoms with Crippen LogP contribution in [0.4, 0.5) is 0 Å². The standard InChI is InChI=1S/C26H38O3S/c1-18-6-9-21(10-7-18)30(27,28)29-20-12-16-26(3)19(17-20)8-11-22-23-5-4-14-25(23,2)15-13-24(22)26/h6-7,9-10,19-20,22-24H,4-5,8,11-17H2,1-3H3/t19-,20-,22-,23-,24-,25-,26-/m0/s1. The molecule has 0 saturated heterocycles. The number of fused-ring (bicyclic) bond motifs is 5. The fourth-order valence-electron chi connectivity index (χ4n) is 8.24. The molecule has 0 aromatic heterocycles. The third-order valence-corrected chi connectivity index (χ3v) is 11.3. The number of rotatable bonds is 3. The van der Waals surface area contributed by atoms with Crippen LogP contribution in [0.2, 0.25) is 0 Å². The lowest BCUT2D eigenvalue weighted by Gasteiger charge is -2.60. The summed E-state index contributed by atoms with van der Waals surface area (Å²) >= 11 is 0. The first-order chi connectivity index (χ1) is 14.2. The Morgan fingerprint density at radius 3 is 2.43 bits per heavy atom. The summed E-state index contributed by atoms with van der Waals surface area (Å²) in [5, 5.41) is 0. The molecule has 5 rings (SSSR count). The van der Waals surface area contributed by atoms with E-state index in [0.717, 1.165) is 42.6 Å². The molecule has 0 heterocycles. The van der Waals surface area contributed by atoms with Gasteiger partial charge < -0.3 is 0 Å². The van der Waals surface area contributed by atoms with Crippen molar-refractivity contribution in [1.29, 1.82) is 0 Å². The van der Waals surface area contributed by atoms with Gasteiger partial charge in [0.25, 0.3) is 10.1 Å². The van der Waals surface area contributed by atoms with Crippen LogP contribution in [0.1, 0.15) is 83.6 Å². The molecule has 30 heavy (non-hydrogen) atoms. The fraction of sp³-hybridized carbons (Fsp3) is 0.769. The Hall–Kier alpha value is -0.870. The quantitative estimate of drug-likeness (QED) is 0.514. The molecule has 0 N–H and O–H groups in total. The van der Waals surface area contributed by atoms with Crippen LogP contribution in [0.3, 0.4) is 0 Å². The average molecular weight is 431 g/mol. The van der Waals surface area contributed by atoms with E-state index < -0.39 is 10.1 Å². The molecule has 0 radical (unpaired) electrons. The van der Waals surface area contributed by atoms with Crippen LogP contribution < -0.4 is 0 Å². The van der Waals surface area contributed by atoms with Crippen LogP contribution in [-0.2, 0) is 14.3 Å². The van der Waals surface area contributed by atoms with Gasteiger partial charge in [0.15, 0.2) is 0 Å². The van der Waals surface area contributed by atoms with Gasteiger partial charge in [0.05, 0.1) is 11.0 Å². The third kappa shape index (κ3) is 3.37. The highest BCUT2D eigenvalue weighted by molar-refractivity contribution is 7.86. The van der Waals surface area contributed by atoms with Gasteiger partial charge in [-0.3, -0.25) is 4.18 Å². The van der Waals surface area contributed by atoms with Crippen molar-refractivity contribution >= 4 is 10.1 Å². The molecule has 4 aliphatic carbocycles. The Morgan fingerprint density at radius 1 is 0.900 bits per heavy atom. The zero-order chi connectivity index (χ0) is 21.1. The van der Waals surface area contributed by atoms with E-state index in [1.165, 1.54) is 44.9 Å². The first-order valence-corrected chi connectivity index (χ1v) is 13.6. The van der Waals surface area contributed by atoms with Gasteiger partial charge in [-0.15, -0.1) is 0 Å². The van der Waals surface area contributed by atoms with Crippen molar-refractivity contribution < 1.29 is 12.6 Å². The van der Waals surface area contributed by atoms with Crippen LogP contribution in [-0.4, -0.2) is 14.5 Å². The van der Waals surface area contributed by atoms with E-state index in [1.807, 2.05) is 19.1 Å². The lowest BCUT2D eigenvalue weighted by Crippen LogP contribution is -2.53. The number of aryl methyl sites for hydroxylation is 1. The predicted octanol–water partition coefficient (Wildman–Crippen LogP) is 6.50. The minimum atomic E-state index is -3.68.